The lowest BCUT2D eigenvalue weighted by atomic mass is 9.88. The van der Waals surface area contributed by atoms with Gasteiger partial charge in [0, 0.05) is 11.9 Å². The number of nitrogens with zero attached hydrogens (tertiary/aromatic N) is 2. The van der Waals surface area contributed by atoms with E-state index in [0.29, 0.717) is 0 Å². The lowest BCUT2D eigenvalue weighted by molar-refractivity contribution is 0.349. The molecule has 2 aliphatic rings. The van der Waals surface area contributed by atoms with Crippen LogP contribution in [0.5, 0.6) is 0 Å². The summed E-state index contributed by atoms with van der Waals surface area (Å²) in [6.07, 6.45) is 21.5. The van der Waals surface area contributed by atoms with Crippen molar-refractivity contribution in [1.29, 1.82) is 0 Å². The minimum atomic E-state index is 1.09. The van der Waals surface area contributed by atoms with Gasteiger partial charge in [0.25, 0.3) is 0 Å². The van der Waals surface area contributed by atoms with E-state index in [1.54, 1.807) is 0 Å². The molecule has 1 saturated carbocycles. The first-order valence-corrected chi connectivity index (χ1v) is 10.2. The standard InChI is InChI=1S/C10H12N2.C8H16.2C2H6/c1-9-7-11-12(8-9)10-5-3-2-4-6-10;1-2-8-6-4-3-5-7-8;2*1-2/h2-3,5,7-8H,4,6H2,1H3;8H,2-7H2,1H3;2*1-2H3. The van der Waals surface area contributed by atoms with Gasteiger partial charge in [0.15, 0.2) is 0 Å². The normalized spacial score (nSPS) is 16.5. The summed E-state index contributed by atoms with van der Waals surface area (Å²) in [7, 11) is 0. The van der Waals surface area contributed by atoms with E-state index in [2.05, 4.69) is 43.4 Å². The van der Waals surface area contributed by atoms with Crippen LogP contribution in [-0.4, -0.2) is 9.78 Å². The molecule has 1 fully saturated rings. The molecule has 0 spiro atoms. The van der Waals surface area contributed by atoms with Crippen LogP contribution in [0.4, 0.5) is 0 Å². The van der Waals surface area contributed by atoms with Crippen molar-refractivity contribution in [3.05, 3.63) is 36.2 Å². The Bertz CT molecular complexity index is 448. The maximum absolute atomic E-state index is 4.25. The molecule has 0 N–H and O–H groups in total. The zero-order chi connectivity index (χ0) is 18.2. The van der Waals surface area contributed by atoms with Crippen LogP contribution in [0.1, 0.15) is 91.5 Å². The van der Waals surface area contributed by atoms with Gasteiger partial charge in [-0.25, -0.2) is 4.68 Å². The maximum Gasteiger partial charge on any atom is 0.0523 e. The van der Waals surface area contributed by atoms with Gasteiger partial charge in [-0.1, -0.05) is 85.3 Å². The molecule has 0 unspecified atom stereocenters. The predicted molar refractivity (Wildman–Crippen MR) is 109 cm³/mol. The summed E-state index contributed by atoms with van der Waals surface area (Å²) >= 11 is 0. The average molecular weight is 333 g/mol. The minimum Gasteiger partial charge on any atom is -0.245 e. The van der Waals surface area contributed by atoms with Gasteiger partial charge < -0.3 is 0 Å². The minimum absolute atomic E-state index is 1.09. The van der Waals surface area contributed by atoms with Gasteiger partial charge >= 0.3 is 0 Å². The van der Waals surface area contributed by atoms with Crippen molar-refractivity contribution in [3.8, 4) is 0 Å². The first-order valence-electron chi connectivity index (χ1n) is 10.2. The fraction of sp³-hybridized carbons (Fsp3) is 0.682. The number of hydrogen-bond donors (Lipinski definition) is 0. The van der Waals surface area contributed by atoms with Gasteiger partial charge in [-0.05, 0) is 37.3 Å². The third-order valence-electron chi connectivity index (χ3n) is 4.30. The smallest absolute Gasteiger partial charge is 0.0523 e. The highest BCUT2D eigenvalue weighted by Crippen LogP contribution is 2.25. The first kappa shape index (κ1) is 22.7. The van der Waals surface area contributed by atoms with E-state index in [4.69, 9.17) is 0 Å². The van der Waals surface area contributed by atoms with Gasteiger partial charge in [0.1, 0.15) is 0 Å². The van der Waals surface area contributed by atoms with Crippen LogP contribution in [-0.2, 0) is 0 Å². The largest absolute Gasteiger partial charge is 0.245 e. The summed E-state index contributed by atoms with van der Waals surface area (Å²) in [5, 5.41) is 4.25. The third kappa shape index (κ3) is 9.10. The molecule has 0 atom stereocenters. The molecule has 24 heavy (non-hydrogen) atoms. The van der Waals surface area contributed by atoms with Crippen LogP contribution in [0.3, 0.4) is 0 Å². The molecule has 2 nitrogen and oxygen atoms in total. The Labute approximate surface area is 151 Å². The molecule has 0 radical (unpaired) electrons. The lowest BCUT2D eigenvalue weighted by Crippen LogP contribution is -2.03. The van der Waals surface area contributed by atoms with E-state index in [0.717, 1.165) is 18.8 Å². The zero-order valence-electron chi connectivity index (χ0n) is 17.0. The van der Waals surface area contributed by atoms with E-state index in [1.807, 2.05) is 38.6 Å². The molecule has 2 aliphatic carbocycles. The molecule has 3 rings (SSSR count). The van der Waals surface area contributed by atoms with Crippen LogP contribution >= 0.6 is 0 Å². The molecule has 0 saturated heterocycles. The highest BCUT2D eigenvalue weighted by Gasteiger charge is 2.09. The first-order chi connectivity index (χ1) is 11.8. The van der Waals surface area contributed by atoms with Crippen LogP contribution in [0.15, 0.2) is 30.6 Å². The molecule has 0 bridgehead atoms. The average Bonchev–Trinajstić information content (AvgIpc) is 3.13. The Morgan fingerprint density at radius 2 is 1.75 bits per heavy atom. The van der Waals surface area contributed by atoms with Gasteiger partial charge in [-0.3, -0.25) is 0 Å². The third-order valence-corrected chi connectivity index (χ3v) is 4.30. The Kier molecular flexibility index (Phi) is 14.4. The molecule has 1 heterocycles. The van der Waals surface area contributed by atoms with Gasteiger partial charge in [0.05, 0.1) is 6.20 Å². The van der Waals surface area contributed by atoms with Crippen molar-refractivity contribution in [2.45, 2.75) is 92.9 Å². The summed E-state index contributed by atoms with van der Waals surface area (Å²) in [6, 6.07) is 0. The number of hydrogen-bond acceptors (Lipinski definition) is 1. The molecular weight excluding hydrogens is 292 g/mol. The van der Waals surface area contributed by atoms with Crippen molar-refractivity contribution >= 4 is 5.70 Å². The second kappa shape index (κ2) is 15.2. The summed E-state index contributed by atoms with van der Waals surface area (Å²) in [6.45, 7) is 12.4. The molecule has 1 aromatic rings. The quantitative estimate of drug-likeness (QED) is 0.551. The van der Waals surface area contributed by atoms with E-state index in [9.17, 15) is 0 Å². The molecule has 0 aliphatic heterocycles. The summed E-state index contributed by atoms with van der Waals surface area (Å²) in [5.41, 5.74) is 2.50. The second-order valence-corrected chi connectivity index (χ2v) is 6.00. The Hall–Kier alpha value is -1.31. The maximum atomic E-state index is 4.25. The Morgan fingerprint density at radius 3 is 2.17 bits per heavy atom. The SMILES string of the molecule is CC.CC.CCC1CCCCC1.Cc1cnn(C2=CC=CCC2)c1. The summed E-state index contributed by atoms with van der Waals surface area (Å²) in [4.78, 5) is 0. The van der Waals surface area contributed by atoms with E-state index in [-0.39, 0.29) is 0 Å². The monoisotopic (exact) mass is 332 g/mol. The van der Waals surface area contributed by atoms with E-state index in [1.165, 1.54) is 49.8 Å². The van der Waals surface area contributed by atoms with Crippen LogP contribution < -0.4 is 0 Å². The van der Waals surface area contributed by atoms with Gasteiger partial charge in [0.2, 0.25) is 0 Å². The van der Waals surface area contributed by atoms with Crippen LogP contribution in [0, 0.1) is 12.8 Å². The highest BCUT2D eigenvalue weighted by molar-refractivity contribution is 5.49. The second-order valence-electron chi connectivity index (χ2n) is 6.00. The fourth-order valence-electron chi connectivity index (χ4n) is 2.95. The Morgan fingerprint density at radius 1 is 1.08 bits per heavy atom. The fourth-order valence-corrected chi connectivity index (χ4v) is 2.95. The molecule has 138 valence electrons. The molecular formula is C22H40N2. The molecule has 2 heteroatoms. The Balaban J connectivity index is 0.000000385. The number of aryl methyl sites for hydroxylation is 1. The topological polar surface area (TPSA) is 17.8 Å². The zero-order valence-corrected chi connectivity index (χ0v) is 17.0. The number of aromatic nitrogens is 2. The lowest BCUT2D eigenvalue weighted by Gasteiger charge is -2.18. The molecule has 0 aromatic carbocycles. The van der Waals surface area contributed by atoms with Gasteiger partial charge in [-0.2, -0.15) is 5.10 Å². The van der Waals surface area contributed by atoms with Crippen molar-refractivity contribution in [2.24, 2.45) is 5.92 Å². The van der Waals surface area contributed by atoms with Crippen LogP contribution in [0.25, 0.3) is 5.70 Å². The predicted octanol–water partition coefficient (Wildman–Crippen LogP) is 7.41. The van der Waals surface area contributed by atoms with Crippen molar-refractivity contribution < 1.29 is 0 Å². The molecule has 1 aromatic heterocycles. The summed E-state index contributed by atoms with van der Waals surface area (Å²) < 4.78 is 1.96. The highest BCUT2D eigenvalue weighted by atomic mass is 15.3. The number of allylic oxidation sites excluding steroid dienone is 4. The van der Waals surface area contributed by atoms with E-state index < -0.39 is 0 Å². The molecule has 0 amide bonds. The number of rotatable bonds is 2. The van der Waals surface area contributed by atoms with E-state index >= 15 is 0 Å². The van der Waals surface area contributed by atoms with Crippen molar-refractivity contribution in [1.82, 2.24) is 9.78 Å². The van der Waals surface area contributed by atoms with Crippen molar-refractivity contribution in [3.63, 3.8) is 0 Å². The summed E-state index contributed by atoms with van der Waals surface area (Å²) in [5.74, 6) is 1.09. The van der Waals surface area contributed by atoms with Crippen molar-refractivity contribution in [2.75, 3.05) is 0 Å². The van der Waals surface area contributed by atoms with Gasteiger partial charge in [-0.15, -0.1) is 0 Å². The van der Waals surface area contributed by atoms with Crippen LogP contribution in [0.2, 0.25) is 0 Å².